The number of nitrogens with zero attached hydrogens (tertiary/aromatic N) is 2. The van der Waals surface area contributed by atoms with Gasteiger partial charge in [-0.25, -0.2) is 4.98 Å². The van der Waals surface area contributed by atoms with Crippen LogP contribution < -0.4 is 14.4 Å². The Morgan fingerprint density at radius 2 is 1.93 bits per heavy atom. The number of halogens is 1. The van der Waals surface area contributed by atoms with E-state index in [2.05, 4.69) is 20.9 Å². The van der Waals surface area contributed by atoms with E-state index in [0.717, 1.165) is 27.7 Å². The third-order valence-electron chi connectivity index (χ3n) is 5.42. The highest BCUT2D eigenvalue weighted by molar-refractivity contribution is 9.10. The molecule has 1 unspecified atom stereocenters. The maximum atomic E-state index is 13.1. The average molecular weight is 441 g/mol. The Balaban J connectivity index is 1.62. The number of rotatable bonds is 2. The summed E-state index contributed by atoms with van der Waals surface area (Å²) in [6.45, 7) is 0.193. The maximum absolute atomic E-state index is 13.1. The quantitative estimate of drug-likeness (QED) is 0.702. The molecule has 0 N–H and O–H groups in total. The van der Waals surface area contributed by atoms with Crippen LogP contribution in [-0.4, -0.2) is 23.5 Å². The number of Topliss-reactive ketones (excluding diaryl/α,β-unsaturated/α-hetero) is 1. The molecule has 0 radical (unpaired) electrons. The van der Waals surface area contributed by atoms with Crippen LogP contribution in [0.3, 0.4) is 0 Å². The van der Waals surface area contributed by atoms with E-state index in [1.165, 1.54) is 0 Å². The highest BCUT2D eigenvalue weighted by atomic mass is 79.9. The molecular formula is C21H17BrN2O4. The Hall–Kier alpha value is -2.67. The smallest absolute Gasteiger partial charge is 0.233 e. The first-order valence-corrected chi connectivity index (χ1v) is 10.0. The predicted octanol–water partition coefficient (Wildman–Crippen LogP) is 4.10. The molecule has 1 aromatic carbocycles. The van der Waals surface area contributed by atoms with Crippen molar-refractivity contribution in [1.29, 1.82) is 0 Å². The molecule has 0 spiro atoms. The predicted molar refractivity (Wildman–Crippen MR) is 105 cm³/mol. The zero-order chi connectivity index (χ0) is 19.3. The van der Waals surface area contributed by atoms with Crippen molar-refractivity contribution in [2.24, 2.45) is 0 Å². The molecule has 2 aliphatic heterocycles. The number of ether oxygens (including phenoxy) is 2. The number of pyridine rings is 1. The van der Waals surface area contributed by atoms with E-state index in [4.69, 9.17) is 9.47 Å². The van der Waals surface area contributed by atoms with Crippen molar-refractivity contribution in [1.82, 2.24) is 4.98 Å². The molecule has 1 amide bonds. The molecule has 7 heteroatoms. The van der Waals surface area contributed by atoms with Crippen LogP contribution in [0, 0.1) is 0 Å². The van der Waals surface area contributed by atoms with Crippen molar-refractivity contribution < 1.29 is 19.1 Å². The van der Waals surface area contributed by atoms with Gasteiger partial charge in [0.2, 0.25) is 12.7 Å². The molecule has 6 nitrogen and oxygen atoms in total. The average Bonchev–Trinajstić information content (AvgIpc) is 3.16. The number of hydrogen-bond donors (Lipinski definition) is 0. The summed E-state index contributed by atoms with van der Waals surface area (Å²) in [4.78, 5) is 32.1. The van der Waals surface area contributed by atoms with Crippen LogP contribution in [0.1, 0.15) is 37.2 Å². The van der Waals surface area contributed by atoms with E-state index >= 15 is 0 Å². The summed E-state index contributed by atoms with van der Waals surface area (Å²) in [7, 11) is 0. The number of amides is 1. The van der Waals surface area contributed by atoms with E-state index in [-0.39, 0.29) is 30.8 Å². The van der Waals surface area contributed by atoms with Gasteiger partial charge < -0.3 is 9.47 Å². The van der Waals surface area contributed by atoms with Crippen molar-refractivity contribution in [3.8, 4) is 11.5 Å². The molecule has 0 bridgehead atoms. The summed E-state index contributed by atoms with van der Waals surface area (Å²) in [6, 6.07) is 9.31. The fourth-order valence-corrected chi connectivity index (χ4v) is 4.41. The van der Waals surface area contributed by atoms with Gasteiger partial charge in [0.1, 0.15) is 5.82 Å². The van der Waals surface area contributed by atoms with Gasteiger partial charge in [-0.05, 0) is 58.6 Å². The summed E-state index contributed by atoms with van der Waals surface area (Å²) in [5.74, 6) is 1.70. The third-order valence-corrected chi connectivity index (χ3v) is 5.88. The molecule has 0 saturated heterocycles. The fourth-order valence-electron chi connectivity index (χ4n) is 4.17. The third kappa shape index (κ3) is 2.81. The van der Waals surface area contributed by atoms with Crippen LogP contribution in [0.5, 0.6) is 11.5 Å². The minimum atomic E-state index is -0.267. The van der Waals surface area contributed by atoms with Crippen LogP contribution in [0.4, 0.5) is 5.82 Å². The van der Waals surface area contributed by atoms with E-state index in [9.17, 15) is 9.59 Å². The van der Waals surface area contributed by atoms with E-state index < -0.39 is 0 Å². The first kappa shape index (κ1) is 17.4. The Labute approximate surface area is 170 Å². The molecule has 1 aromatic heterocycles. The normalized spacial score (nSPS) is 21.2. The highest BCUT2D eigenvalue weighted by Crippen LogP contribution is 2.45. The Kier molecular flexibility index (Phi) is 4.19. The molecule has 0 fully saturated rings. The second-order valence-electron chi connectivity index (χ2n) is 7.07. The second kappa shape index (κ2) is 6.74. The van der Waals surface area contributed by atoms with Gasteiger partial charge in [0, 0.05) is 40.7 Å². The van der Waals surface area contributed by atoms with Crippen molar-refractivity contribution in [3.05, 3.63) is 57.8 Å². The summed E-state index contributed by atoms with van der Waals surface area (Å²) >= 11 is 3.37. The van der Waals surface area contributed by atoms with Crippen LogP contribution in [0.25, 0.3) is 0 Å². The number of anilines is 1. The zero-order valence-electron chi connectivity index (χ0n) is 15.0. The summed E-state index contributed by atoms with van der Waals surface area (Å²) in [5, 5.41) is 0. The van der Waals surface area contributed by atoms with Gasteiger partial charge in [-0.3, -0.25) is 14.5 Å². The molecule has 5 rings (SSSR count). The van der Waals surface area contributed by atoms with Crippen molar-refractivity contribution in [3.63, 3.8) is 0 Å². The Bertz CT molecular complexity index is 1020. The SMILES string of the molecule is O=C1CCCC2=C1C(c1ccc3c(c1)OCO3)CC(=O)N2c1ccc(Br)cn1. The van der Waals surface area contributed by atoms with Crippen LogP contribution >= 0.6 is 15.9 Å². The highest BCUT2D eigenvalue weighted by Gasteiger charge is 2.40. The number of aromatic nitrogens is 1. The van der Waals surface area contributed by atoms with Gasteiger partial charge >= 0.3 is 0 Å². The lowest BCUT2D eigenvalue weighted by molar-refractivity contribution is -0.120. The topological polar surface area (TPSA) is 68.7 Å². The fraction of sp³-hybridized carbons (Fsp3) is 0.286. The zero-order valence-corrected chi connectivity index (χ0v) is 16.6. The molecular weight excluding hydrogens is 424 g/mol. The molecule has 3 heterocycles. The summed E-state index contributed by atoms with van der Waals surface area (Å²) in [6.07, 6.45) is 3.83. The van der Waals surface area contributed by atoms with Gasteiger partial charge in [-0.15, -0.1) is 0 Å². The minimum absolute atomic E-state index is 0.0501. The molecule has 1 atom stereocenters. The van der Waals surface area contributed by atoms with Crippen LogP contribution in [-0.2, 0) is 9.59 Å². The number of hydrogen-bond acceptors (Lipinski definition) is 5. The first-order chi connectivity index (χ1) is 13.6. The standard InChI is InChI=1S/C21H17BrN2O4/c22-13-5-7-19(23-10-13)24-15-2-1-3-16(25)21(15)14(9-20(24)26)12-4-6-17-18(8-12)28-11-27-17/h4-8,10,14H,1-3,9,11H2. The number of fused-ring (bicyclic) bond motifs is 1. The monoisotopic (exact) mass is 440 g/mol. The van der Waals surface area contributed by atoms with Crippen LogP contribution in [0.2, 0.25) is 0 Å². The van der Waals surface area contributed by atoms with Gasteiger partial charge in [0.05, 0.1) is 0 Å². The minimum Gasteiger partial charge on any atom is -0.454 e. The Morgan fingerprint density at radius 1 is 1.07 bits per heavy atom. The van der Waals surface area contributed by atoms with Crippen LogP contribution in [0.15, 0.2) is 52.3 Å². The Morgan fingerprint density at radius 3 is 2.75 bits per heavy atom. The van der Waals surface area contributed by atoms with Crippen molar-refractivity contribution in [2.45, 2.75) is 31.6 Å². The largest absolute Gasteiger partial charge is 0.454 e. The first-order valence-electron chi connectivity index (χ1n) is 9.22. The molecule has 142 valence electrons. The number of carbonyl (C=O) groups excluding carboxylic acids is 2. The van der Waals surface area contributed by atoms with Gasteiger partial charge in [-0.1, -0.05) is 6.07 Å². The summed E-state index contributed by atoms with van der Waals surface area (Å²) < 4.78 is 11.7. The van der Waals surface area contributed by atoms with E-state index in [1.54, 1.807) is 17.2 Å². The molecule has 3 aliphatic rings. The van der Waals surface area contributed by atoms with E-state index in [0.29, 0.717) is 30.2 Å². The van der Waals surface area contributed by atoms with Gasteiger partial charge in [0.15, 0.2) is 17.3 Å². The molecule has 28 heavy (non-hydrogen) atoms. The van der Waals surface area contributed by atoms with E-state index in [1.807, 2.05) is 24.3 Å². The maximum Gasteiger partial charge on any atom is 0.233 e. The van der Waals surface area contributed by atoms with Crippen molar-refractivity contribution >= 4 is 33.4 Å². The van der Waals surface area contributed by atoms with Gasteiger partial charge in [-0.2, -0.15) is 0 Å². The molecule has 0 saturated carbocycles. The summed E-state index contributed by atoms with van der Waals surface area (Å²) in [5.41, 5.74) is 2.42. The lowest BCUT2D eigenvalue weighted by atomic mass is 9.77. The number of carbonyl (C=O) groups is 2. The number of allylic oxidation sites excluding steroid dienone is 2. The van der Waals surface area contributed by atoms with Gasteiger partial charge in [0.25, 0.3) is 0 Å². The lowest BCUT2D eigenvalue weighted by Gasteiger charge is -2.37. The number of ketones is 1. The number of benzene rings is 1. The lowest BCUT2D eigenvalue weighted by Crippen LogP contribution is -2.41. The second-order valence-corrected chi connectivity index (χ2v) is 7.99. The molecule has 1 aliphatic carbocycles. The van der Waals surface area contributed by atoms with Crippen molar-refractivity contribution in [2.75, 3.05) is 11.7 Å². The molecule has 2 aromatic rings.